The summed E-state index contributed by atoms with van der Waals surface area (Å²) in [5, 5.41) is 2.71. The molecule has 0 unspecified atom stereocenters. The highest BCUT2D eigenvalue weighted by Gasteiger charge is 2.36. The van der Waals surface area contributed by atoms with E-state index in [1.165, 1.54) is 28.6 Å². The maximum atomic E-state index is 13.0. The second-order valence-electron chi connectivity index (χ2n) is 5.77. The Morgan fingerprint density at radius 3 is 2.33 bits per heavy atom. The first-order valence-electron chi connectivity index (χ1n) is 7.51. The number of sulfonamides is 1. The molecule has 7 heteroatoms. The number of halogens is 1. The van der Waals surface area contributed by atoms with Crippen LogP contribution in [0.5, 0.6) is 0 Å². The van der Waals surface area contributed by atoms with Crippen molar-refractivity contribution in [3.05, 3.63) is 59.9 Å². The van der Waals surface area contributed by atoms with Crippen molar-refractivity contribution in [1.29, 1.82) is 0 Å². The van der Waals surface area contributed by atoms with Gasteiger partial charge in [0.25, 0.3) is 5.91 Å². The molecule has 0 aromatic heterocycles. The largest absolute Gasteiger partial charge is 0.320 e. The zero-order valence-electron chi connectivity index (χ0n) is 13.1. The summed E-state index contributed by atoms with van der Waals surface area (Å²) in [6.45, 7) is 0. The van der Waals surface area contributed by atoms with Crippen molar-refractivity contribution in [2.75, 3.05) is 15.9 Å². The topological polar surface area (TPSA) is 66.5 Å². The van der Waals surface area contributed by atoms with E-state index >= 15 is 0 Å². The molecule has 1 fully saturated rings. The van der Waals surface area contributed by atoms with Crippen LogP contribution in [0.1, 0.15) is 23.2 Å². The van der Waals surface area contributed by atoms with Gasteiger partial charge in [-0.25, -0.2) is 12.8 Å². The van der Waals surface area contributed by atoms with Gasteiger partial charge in [-0.1, -0.05) is 12.1 Å². The Bertz CT molecular complexity index is 862. The highest BCUT2D eigenvalue weighted by atomic mass is 32.2. The van der Waals surface area contributed by atoms with E-state index in [1.807, 2.05) is 0 Å². The third kappa shape index (κ3) is 3.56. The smallest absolute Gasteiger partial charge is 0.255 e. The molecule has 0 bridgehead atoms. The molecule has 126 valence electrons. The lowest BCUT2D eigenvalue weighted by molar-refractivity contribution is 0.102. The van der Waals surface area contributed by atoms with Crippen LogP contribution >= 0.6 is 0 Å². The number of carbonyl (C=O) groups excluding carboxylic acids is 1. The predicted molar refractivity (Wildman–Crippen MR) is 91.1 cm³/mol. The van der Waals surface area contributed by atoms with Gasteiger partial charge in [-0.3, -0.25) is 9.10 Å². The van der Waals surface area contributed by atoms with Crippen LogP contribution in [0.4, 0.5) is 15.8 Å². The number of carbonyl (C=O) groups is 1. The number of nitrogens with one attached hydrogen (secondary N) is 1. The van der Waals surface area contributed by atoms with Gasteiger partial charge in [-0.05, 0) is 49.2 Å². The van der Waals surface area contributed by atoms with Crippen LogP contribution in [0.2, 0.25) is 0 Å². The zero-order valence-corrected chi connectivity index (χ0v) is 13.9. The van der Waals surface area contributed by atoms with E-state index in [9.17, 15) is 17.6 Å². The minimum atomic E-state index is -3.45. The first-order chi connectivity index (χ1) is 11.4. The van der Waals surface area contributed by atoms with E-state index in [0.29, 0.717) is 16.9 Å². The van der Waals surface area contributed by atoms with Gasteiger partial charge in [0, 0.05) is 11.6 Å². The molecule has 1 aliphatic rings. The quantitative estimate of drug-likeness (QED) is 0.903. The van der Waals surface area contributed by atoms with Crippen molar-refractivity contribution in [2.45, 2.75) is 18.9 Å². The minimum Gasteiger partial charge on any atom is -0.320 e. The number of benzene rings is 2. The molecule has 1 N–H and O–H groups in total. The van der Waals surface area contributed by atoms with E-state index in [2.05, 4.69) is 5.32 Å². The van der Waals surface area contributed by atoms with E-state index in [1.54, 1.807) is 24.3 Å². The van der Waals surface area contributed by atoms with Gasteiger partial charge >= 0.3 is 0 Å². The predicted octanol–water partition coefficient (Wildman–Crippen LogP) is 3.01. The second-order valence-corrected chi connectivity index (χ2v) is 7.63. The van der Waals surface area contributed by atoms with Crippen LogP contribution in [0.25, 0.3) is 0 Å². The molecule has 2 aromatic rings. The van der Waals surface area contributed by atoms with E-state index in [-0.39, 0.29) is 6.04 Å². The maximum absolute atomic E-state index is 13.0. The summed E-state index contributed by atoms with van der Waals surface area (Å²) in [7, 11) is -3.45. The van der Waals surface area contributed by atoms with Crippen molar-refractivity contribution in [2.24, 2.45) is 0 Å². The van der Waals surface area contributed by atoms with Crippen molar-refractivity contribution >= 4 is 27.3 Å². The summed E-state index contributed by atoms with van der Waals surface area (Å²) in [4.78, 5) is 12.3. The molecule has 0 saturated heterocycles. The average Bonchev–Trinajstić information content (AvgIpc) is 3.33. The minimum absolute atomic E-state index is 0.0659. The van der Waals surface area contributed by atoms with Crippen LogP contribution in [0.15, 0.2) is 48.5 Å². The molecule has 5 nitrogen and oxygen atoms in total. The average molecular weight is 348 g/mol. The summed E-state index contributed by atoms with van der Waals surface area (Å²) in [6, 6.07) is 11.9. The Labute approximate surface area is 140 Å². The molecule has 0 atom stereocenters. The SMILES string of the molecule is CS(=O)(=O)N(c1ccccc1NC(=O)c1ccc(F)cc1)C1CC1. The Morgan fingerprint density at radius 1 is 1.12 bits per heavy atom. The zero-order chi connectivity index (χ0) is 17.3. The fraction of sp³-hybridized carbons (Fsp3) is 0.235. The number of anilines is 2. The molecule has 1 saturated carbocycles. The molecular formula is C17H17FN2O3S. The lowest BCUT2D eigenvalue weighted by Crippen LogP contribution is -2.32. The lowest BCUT2D eigenvalue weighted by atomic mass is 10.2. The van der Waals surface area contributed by atoms with Gasteiger partial charge in [-0.2, -0.15) is 0 Å². The highest BCUT2D eigenvalue weighted by Crippen LogP contribution is 2.37. The van der Waals surface area contributed by atoms with Crippen molar-refractivity contribution < 1.29 is 17.6 Å². The van der Waals surface area contributed by atoms with Crippen LogP contribution in [0.3, 0.4) is 0 Å². The molecule has 24 heavy (non-hydrogen) atoms. The van der Waals surface area contributed by atoms with Crippen molar-refractivity contribution in [1.82, 2.24) is 0 Å². The van der Waals surface area contributed by atoms with Gasteiger partial charge < -0.3 is 5.32 Å². The number of amides is 1. The summed E-state index contributed by atoms with van der Waals surface area (Å²) in [5.41, 5.74) is 1.14. The summed E-state index contributed by atoms with van der Waals surface area (Å²) in [6.07, 6.45) is 2.75. The van der Waals surface area contributed by atoms with Gasteiger partial charge in [0.2, 0.25) is 10.0 Å². The summed E-state index contributed by atoms with van der Waals surface area (Å²) < 4.78 is 38.6. The van der Waals surface area contributed by atoms with E-state index in [0.717, 1.165) is 19.1 Å². The Kier molecular flexibility index (Phi) is 4.28. The maximum Gasteiger partial charge on any atom is 0.255 e. The normalized spacial score (nSPS) is 14.2. The molecular weight excluding hydrogens is 331 g/mol. The Balaban J connectivity index is 1.92. The first-order valence-corrected chi connectivity index (χ1v) is 9.36. The van der Waals surface area contributed by atoms with Crippen LogP contribution in [-0.4, -0.2) is 26.6 Å². The fourth-order valence-corrected chi connectivity index (χ4v) is 3.79. The molecule has 2 aromatic carbocycles. The first kappa shape index (κ1) is 16.4. The van der Waals surface area contributed by atoms with Crippen LogP contribution in [0, 0.1) is 5.82 Å². The van der Waals surface area contributed by atoms with Gasteiger partial charge in [-0.15, -0.1) is 0 Å². The third-order valence-corrected chi connectivity index (χ3v) is 4.94. The fourth-order valence-electron chi connectivity index (χ4n) is 2.52. The number of para-hydroxylation sites is 2. The molecule has 0 radical (unpaired) electrons. The number of hydrogen-bond donors (Lipinski definition) is 1. The van der Waals surface area contributed by atoms with Gasteiger partial charge in [0.1, 0.15) is 5.82 Å². The molecule has 0 spiro atoms. The molecule has 0 heterocycles. The van der Waals surface area contributed by atoms with Gasteiger partial charge in [0.05, 0.1) is 17.6 Å². The second kappa shape index (κ2) is 6.24. The molecule has 1 aliphatic carbocycles. The van der Waals surface area contributed by atoms with Crippen LogP contribution < -0.4 is 9.62 Å². The lowest BCUT2D eigenvalue weighted by Gasteiger charge is -2.24. The number of nitrogens with zero attached hydrogens (tertiary/aromatic N) is 1. The van der Waals surface area contributed by atoms with E-state index in [4.69, 9.17) is 0 Å². The summed E-state index contributed by atoms with van der Waals surface area (Å²) in [5.74, 6) is -0.851. The molecule has 3 rings (SSSR count). The molecule has 0 aliphatic heterocycles. The number of hydrogen-bond acceptors (Lipinski definition) is 3. The Hall–Kier alpha value is -2.41. The van der Waals surface area contributed by atoms with Crippen LogP contribution in [-0.2, 0) is 10.0 Å². The van der Waals surface area contributed by atoms with Crippen molar-refractivity contribution in [3.63, 3.8) is 0 Å². The molecule has 1 amide bonds. The monoisotopic (exact) mass is 348 g/mol. The highest BCUT2D eigenvalue weighted by molar-refractivity contribution is 7.92. The third-order valence-electron chi connectivity index (χ3n) is 3.73. The van der Waals surface area contributed by atoms with Gasteiger partial charge in [0.15, 0.2) is 0 Å². The van der Waals surface area contributed by atoms with E-state index < -0.39 is 21.7 Å². The Morgan fingerprint density at radius 2 is 1.75 bits per heavy atom. The number of rotatable bonds is 5. The standard InChI is InChI=1S/C17H17FN2O3S/c1-24(22,23)20(14-10-11-14)16-5-3-2-4-15(16)19-17(21)12-6-8-13(18)9-7-12/h2-9,14H,10-11H2,1H3,(H,19,21). The van der Waals surface area contributed by atoms with Crippen molar-refractivity contribution in [3.8, 4) is 0 Å². The summed E-state index contributed by atoms with van der Waals surface area (Å²) >= 11 is 0.